The molecule has 0 spiro atoms. The van der Waals surface area contributed by atoms with E-state index in [-0.39, 0.29) is 11.9 Å². The Morgan fingerprint density at radius 3 is 2.57 bits per heavy atom. The summed E-state index contributed by atoms with van der Waals surface area (Å²) in [6, 6.07) is 8.08. The average Bonchev–Trinajstić information content (AvgIpc) is 2.68. The number of benzene rings is 1. The lowest BCUT2D eigenvalue weighted by molar-refractivity contribution is -0.122. The molecule has 1 amide bonds. The molecular weight excluding hydrogens is 331 g/mol. The summed E-state index contributed by atoms with van der Waals surface area (Å²) in [5, 5.41) is 9.92. The van der Waals surface area contributed by atoms with E-state index in [9.17, 15) is 9.82 Å². The summed E-state index contributed by atoms with van der Waals surface area (Å²) in [5.41, 5.74) is 1.91. The summed E-state index contributed by atoms with van der Waals surface area (Å²) >= 11 is 3.42. The number of hydrogen-bond acceptors (Lipinski definition) is 3. The van der Waals surface area contributed by atoms with Crippen LogP contribution in [0.2, 0.25) is 6.82 Å². The topological polar surface area (TPSA) is 43.8 Å². The smallest absolute Gasteiger partial charge is 0.412 e. The lowest BCUT2D eigenvalue weighted by Gasteiger charge is -2.25. The molecule has 1 saturated heterocycles. The van der Waals surface area contributed by atoms with Gasteiger partial charge in [0.05, 0.1) is 0 Å². The van der Waals surface area contributed by atoms with Crippen LogP contribution in [-0.4, -0.2) is 47.8 Å². The van der Waals surface area contributed by atoms with Crippen LogP contribution in [0.1, 0.15) is 12.0 Å². The van der Waals surface area contributed by atoms with Gasteiger partial charge in [-0.15, -0.1) is 0 Å². The fourth-order valence-corrected chi connectivity index (χ4v) is 2.99. The van der Waals surface area contributed by atoms with E-state index < -0.39 is 7.05 Å². The highest BCUT2D eigenvalue weighted by molar-refractivity contribution is 9.10. The van der Waals surface area contributed by atoms with E-state index in [0.29, 0.717) is 6.42 Å². The van der Waals surface area contributed by atoms with Gasteiger partial charge in [0.15, 0.2) is 0 Å². The summed E-state index contributed by atoms with van der Waals surface area (Å²) in [5.74, 6) is -0.0687. The molecule has 0 saturated carbocycles. The third-order valence-corrected chi connectivity index (χ3v) is 4.09. The summed E-state index contributed by atoms with van der Waals surface area (Å²) in [4.78, 5) is 15.9. The van der Waals surface area contributed by atoms with Crippen LogP contribution in [-0.2, 0) is 11.2 Å². The summed E-state index contributed by atoms with van der Waals surface area (Å²) in [7, 11) is 3.02. The Kier molecular flexibility index (Phi) is 5.11. The van der Waals surface area contributed by atoms with E-state index in [1.165, 1.54) is 0 Å². The Morgan fingerprint density at radius 1 is 1.43 bits per heavy atom. The lowest BCUT2D eigenvalue weighted by atomic mass is 9.83. The Balaban J connectivity index is 2.20. The Hall–Kier alpha value is -1.27. The van der Waals surface area contributed by atoms with Gasteiger partial charge >= 0.3 is 7.05 Å². The number of carbonyl (C=O) groups excluding carboxylic acids is 1. The van der Waals surface area contributed by atoms with Gasteiger partial charge < -0.3 is 14.7 Å². The molecule has 6 heteroatoms. The zero-order valence-corrected chi connectivity index (χ0v) is 14.2. The molecule has 4 nitrogen and oxygen atoms in total. The van der Waals surface area contributed by atoms with Crippen molar-refractivity contribution in [2.24, 2.45) is 0 Å². The van der Waals surface area contributed by atoms with Crippen LogP contribution >= 0.6 is 15.9 Å². The van der Waals surface area contributed by atoms with Crippen LogP contribution in [0.5, 0.6) is 0 Å². The number of halogens is 1. The van der Waals surface area contributed by atoms with E-state index in [4.69, 9.17) is 0 Å². The summed E-state index contributed by atoms with van der Waals surface area (Å²) < 4.78 is 1.04. The maximum absolute atomic E-state index is 12.4. The summed E-state index contributed by atoms with van der Waals surface area (Å²) in [6.07, 6.45) is 3.26. The van der Waals surface area contributed by atoms with Gasteiger partial charge in [0.25, 0.3) is 0 Å². The Bertz CT molecular complexity index is 543. The predicted octanol–water partition coefficient (Wildman–Crippen LogP) is 2.15. The normalized spacial score (nSPS) is 20.2. The molecule has 1 aliphatic rings. The number of carbonyl (C=O) groups is 1. The van der Waals surface area contributed by atoms with Gasteiger partial charge in [0, 0.05) is 36.4 Å². The van der Waals surface area contributed by atoms with Crippen molar-refractivity contribution in [3.8, 4) is 0 Å². The third-order valence-electron chi connectivity index (χ3n) is 3.56. The standard InChI is InChI=1S/C15H20BBrN2O2/c1-16(21)19-14(8-11-4-6-13(17)7-5-11)9-12(15(19)20)10-18(2)3/h4-7,10,14,21H,8-9H2,1-3H3/b12-10+/t14-/m1/s1. The van der Waals surface area contributed by atoms with E-state index >= 15 is 0 Å². The van der Waals surface area contributed by atoms with Crippen LogP contribution in [0.3, 0.4) is 0 Å². The monoisotopic (exact) mass is 350 g/mol. The first-order valence-electron chi connectivity index (χ1n) is 7.00. The van der Waals surface area contributed by atoms with Crippen LogP contribution in [0.25, 0.3) is 0 Å². The fraction of sp³-hybridized carbons (Fsp3) is 0.400. The first kappa shape index (κ1) is 16.1. The van der Waals surface area contributed by atoms with Crippen molar-refractivity contribution in [3.05, 3.63) is 46.1 Å². The van der Waals surface area contributed by atoms with E-state index in [0.717, 1.165) is 22.0 Å². The largest absolute Gasteiger partial charge is 0.432 e. The second-order valence-electron chi connectivity index (χ2n) is 5.65. The van der Waals surface area contributed by atoms with Crippen molar-refractivity contribution < 1.29 is 9.82 Å². The quantitative estimate of drug-likeness (QED) is 0.668. The molecular formula is C15H20BBrN2O2. The molecule has 0 aromatic heterocycles. The second-order valence-corrected chi connectivity index (χ2v) is 6.57. The van der Waals surface area contributed by atoms with Gasteiger partial charge in [-0.05, 0) is 37.4 Å². The molecule has 112 valence electrons. The zero-order valence-electron chi connectivity index (χ0n) is 12.6. The molecule has 1 aromatic carbocycles. The van der Waals surface area contributed by atoms with Crippen molar-refractivity contribution in [3.63, 3.8) is 0 Å². The number of rotatable bonds is 4. The van der Waals surface area contributed by atoms with Crippen molar-refractivity contribution >= 4 is 28.9 Å². The predicted molar refractivity (Wildman–Crippen MR) is 88.7 cm³/mol. The molecule has 1 fully saturated rings. The van der Waals surface area contributed by atoms with Gasteiger partial charge in [0.1, 0.15) is 0 Å². The minimum atomic E-state index is -0.772. The number of amides is 1. The molecule has 1 atom stereocenters. The Labute approximate surface area is 134 Å². The SMILES string of the molecule is CB(O)N1C(=O)/C(=C/N(C)C)C[C@H]1Cc1ccc(Br)cc1. The molecule has 0 bridgehead atoms. The van der Waals surface area contributed by atoms with Crippen molar-refractivity contribution in [2.75, 3.05) is 14.1 Å². The molecule has 0 unspecified atom stereocenters. The molecule has 2 rings (SSSR count). The molecule has 0 aliphatic carbocycles. The lowest BCUT2D eigenvalue weighted by Crippen LogP contribution is -2.44. The van der Waals surface area contributed by atoms with Crippen LogP contribution < -0.4 is 0 Å². The van der Waals surface area contributed by atoms with Crippen molar-refractivity contribution in [2.45, 2.75) is 25.7 Å². The zero-order chi connectivity index (χ0) is 15.6. The van der Waals surface area contributed by atoms with Gasteiger partial charge in [-0.25, -0.2) is 0 Å². The highest BCUT2D eigenvalue weighted by Crippen LogP contribution is 2.28. The highest BCUT2D eigenvalue weighted by atomic mass is 79.9. The second kappa shape index (κ2) is 6.66. The minimum Gasteiger partial charge on any atom is -0.432 e. The van der Waals surface area contributed by atoms with Crippen molar-refractivity contribution in [1.29, 1.82) is 0 Å². The first-order valence-corrected chi connectivity index (χ1v) is 7.80. The van der Waals surface area contributed by atoms with Crippen molar-refractivity contribution in [1.82, 2.24) is 9.71 Å². The van der Waals surface area contributed by atoms with Gasteiger partial charge in [-0.2, -0.15) is 0 Å². The molecule has 0 radical (unpaired) electrons. The first-order chi connectivity index (χ1) is 9.88. The number of nitrogens with zero attached hydrogens (tertiary/aromatic N) is 2. The van der Waals surface area contributed by atoms with E-state index in [2.05, 4.69) is 15.9 Å². The maximum atomic E-state index is 12.4. The van der Waals surface area contributed by atoms with E-state index in [1.807, 2.05) is 49.5 Å². The summed E-state index contributed by atoms with van der Waals surface area (Å²) in [6.45, 7) is 1.64. The van der Waals surface area contributed by atoms with Crippen LogP contribution in [0.15, 0.2) is 40.5 Å². The highest BCUT2D eigenvalue weighted by Gasteiger charge is 2.39. The van der Waals surface area contributed by atoms with Crippen LogP contribution in [0.4, 0.5) is 0 Å². The molecule has 1 heterocycles. The molecule has 21 heavy (non-hydrogen) atoms. The van der Waals surface area contributed by atoms with Gasteiger partial charge in [-0.1, -0.05) is 28.1 Å². The third kappa shape index (κ3) is 3.89. The van der Waals surface area contributed by atoms with Gasteiger partial charge in [-0.3, -0.25) is 4.79 Å². The van der Waals surface area contributed by atoms with Gasteiger partial charge in [0.2, 0.25) is 5.91 Å². The maximum Gasteiger partial charge on any atom is 0.412 e. The Morgan fingerprint density at radius 2 is 2.05 bits per heavy atom. The van der Waals surface area contributed by atoms with E-state index in [1.54, 1.807) is 11.6 Å². The van der Waals surface area contributed by atoms with Crippen LogP contribution in [0, 0.1) is 0 Å². The molecule has 1 N–H and O–H groups in total. The average molecular weight is 351 g/mol. The minimum absolute atomic E-state index is 0.00451. The number of hydrogen-bond donors (Lipinski definition) is 1. The molecule has 1 aliphatic heterocycles. The fourth-order valence-electron chi connectivity index (χ4n) is 2.73. The molecule has 1 aromatic rings.